The minimum Gasteiger partial charge on any atom is -0.309 e. The van der Waals surface area contributed by atoms with Crippen molar-refractivity contribution < 1.29 is 0 Å². The van der Waals surface area contributed by atoms with Crippen LogP contribution < -0.4 is 20.7 Å². The number of para-hydroxylation sites is 1. The normalized spacial score (nSPS) is 12.5. The van der Waals surface area contributed by atoms with Crippen LogP contribution in [0.3, 0.4) is 0 Å². The van der Waals surface area contributed by atoms with Gasteiger partial charge in [-0.3, -0.25) is 0 Å². The van der Waals surface area contributed by atoms with Crippen LogP contribution in [0.4, 0.5) is 0 Å². The molecular formula is C64H43N3Si. The second kappa shape index (κ2) is 16.3. The molecule has 0 radical (unpaired) electrons. The molecule has 0 amide bonds. The second-order valence-corrected chi connectivity index (χ2v) is 21.4. The third kappa shape index (κ3) is 6.41. The van der Waals surface area contributed by atoms with E-state index < -0.39 is 8.07 Å². The molecular weight excluding hydrogens is 839 g/mol. The topological polar surface area (TPSA) is 30.7 Å². The van der Waals surface area contributed by atoms with Crippen molar-refractivity contribution in [1.82, 2.24) is 14.5 Å². The molecule has 0 unspecified atom stereocenters. The Morgan fingerprint density at radius 3 is 1.54 bits per heavy atom. The number of nitrogens with zero attached hydrogens (tertiary/aromatic N) is 3. The summed E-state index contributed by atoms with van der Waals surface area (Å²) in [6.07, 6.45) is 0. The van der Waals surface area contributed by atoms with Gasteiger partial charge in [0, 0.05) is 33.2 Å². The number of aromatic nitrogens is 3. The Balaban J connectivity index is 0.942. The van der Waals surface area contributed by atoms with E-state index in [-0.39, 0.29) is 0 Å². The molecule has 10 aromatic carbocycles. The van der Waals surface area contributed by atoms with Crippen LogP contribution in [0.15, 0.2) is 261 Å². The summed E-state index contributed by atoms with van der Waals surface area (Å²) < 4.78 is 2.44. The summed E-state index contributed by atoms with van der Waals surface area (Å²) in [5.74, 6) is 0.699. The fourth-order valence-electron chi connectivity index (χ4n) is 10.9. The second-order valence-electron chi connectivity index (χ2n) is 17.7. The monoisotopic (exact) mass is 881 g/mol. The lowest BCUT2D eigenvalue weighted by Gasteiger charge is -2.33. The van der Waals surface area contributed by atoms with Crippen molar-refractivity contribution in [2.45, 2.75) is 0 Å². The average Bonchev–Trinajstić information content (AvgIpc) is 3.92. The Hall–Kier alpha value is -8.70. The van der Waals surface area contributed by atoms with E-state index in [0.29, 0.717) is 5.82 Å². The quantitative estimate of drug-likeness (QED) is 0.142. The van der Waals surface area contributed by atoms with Crippen molar-refractivity contribution in [3.05, 3.63) is 261 Å². The summed E-state index contributed by atoms with van der Waals surface area (Å²) in [6.45, 7) is 0. The molecule has 0 saturated heterocycles. The van der Waals surface area contributed by atoms with Crippen molar-refractivity contribution in [3.8, 4) is 73.0 Å². The van der Waals surface area contributed by atoms with Crippen LogP contribution in [0, 0.1) is 0 Å². The van der Waals surface area contributed by atoms with Gasteiger partial charge in [-0.2, -0.15) is 0 Å². The molecule has 0 fully saturated rings. The van der Waals surface area contributed by atoms with Gasteiger partial charge in [-0.1, -0.05) is 218 Å². The number of hydrogen-bond acceptors (Lipinski definition) is 2. The summed E-state index contributed by atoms with van der Waals surface area (Å²) >= 11 is 0. The maximum atomic E-state index is 5.15. The third-order valence-corrected chi connectivity index (χ3v) is 18.8. The molecule has 0 N–H and O–H groups in total. The maximum absolute atomic E-state index is 5.15. The molecule has 68 heavy (non-hydrogen) atoms. The SMILES string of the molecule is c1ccc(-c2cc(-c3ccccc3)nc(-c3cccc(-c4ccc5c(c4)c4ccccc4n5-c4cccc(-c5cccc6c5[Si](c5ccccc5)(c5ccccc5)c5ccccc5-6)c4)c3)n2)cc1. The number of rotatable bonds is 8. The summed E-state index contributed by atoms with van der Waals surface area (Å²) in [4.78, 5) is 10.3. The first-order valence-corrected chi connectivity index (χ1v) is 25.3. The molecule has 1 aliphatic heterocycles. The van der Waals surface area contributed by atoms with Gasteiger partial charge >= 0.3 is 0 Å². The number of benzene rings is 10. The molecule has 0 aliphatic carbocycles. The predicted molar refractivity (Wildman–Crippen MR) is 286 cm³/mol. The van der Waals surface area contributed by atoms with Gasteiger partial charge in [0.15, 0.2) is 13.9 Å². The minimum absolute atomic E-state index is 0.699. The molecule has 3 heterocycles. The lowest BCUT2D eigenvalue weighted by Crippen LogP contribution is -2.73. The first kappa shape index (κ1) is 39.6. The fraction of sp³-hybridized carbons (Fsp3) is 0. The van der Waals surface area contributed by atoms with Crippen molar-refractivity contribution in [3.63, 3.8) is 0 Å². The van der Waals surface area contributed by atoms with Crippen LogP contribution in [-0.4, -0.2) is 22.6 Å². The van der Waals surface area contributed by atoms with Gasteiger partial charge in [-0.05, 0) is 96.6 Å². The Labute approximate surface area is 397 Å². The van der Waals surface area contributed by atoms with Crippen LogP contribution in [0.25, 0.3) is 94.8 Å². The van der Waals surface area contributed by atoms with Gasteiger partial charge in [-0.25, -0.2) is 9.97 Å². The number of hydrogen-bond donors (Lipinski definition) is 0. The van der Waals surface area contributed by atoms with Gasteiger partial charge in [0.1, 0.15) is 0 Å². The molecule has 3 nitrogen and oxygen atoms in total. The largest absolute Gasteiger partial charge is 0.309 e. The summed E-state index contributed by atoms with van der Waals surface area (Å²) in [5, 5.41) is 8.12. The predicted octanol–water partition coefficient (Wildman–Crippen LogP) is 13.3. The lowest BCUT2D eigenvalue weighted by molar-refractivity contribution is 1.18. The first-order chi connectivity index (χ1) is 33.7. The van der Waals surface area contributed by atoms with Crippen molar-refractivity contribution in [2.24, 2.45) is 0 Å². The van der Waals surface area contributed by atoms with E-state index in [1.165, 1.54) is 59.3 Å². The van der Waals surface area contributed by atoms with Crippen molar-refractivity contribution >= 4 is 50.6 Å². The van der Waals surface area contributed by atoms with Gasteiger partial charge in [0.2, 0.25) is 0 Å². The average molecular weight is 882 g/mol. The van der Waals surface area contributed by atoms with Gasteiger partial charge in [0.05, 0.1) is 22.4 Å². The molecule has 12 aromatic rings. The van der Waals surface area contributed by atoms with E-state index in [1.807, 2.05) is 12.1 Å². The van der Waals surface area contributed by atoms with Crippen LogP contribution in [0.1, 0.15) is 0 Å². The highest BCUT2D eigenvalue weighted by atomic mass is 28.3. The van der Waals surface area contributed by atoms with E-state index in [2.05, 4.69) is 253 Å². The molecule has 0 bridgehead atoms. The molecule has 2 aromatic heterocycles. The van der Waals surface area contributed by atoms with Gasteiger partial charge in [-0.15, -0.1) is 0 Å². The maximum Gasteiger partial charge on any atom is 0.181 e. The van der Waals surface area contributed by atoms with E-state index in [1.54, 1.807) is 0 Å². The molecule has 0 atom stereocenters. The highest BCUT2D eigenvalue weighted by Crippen LogP contribution is 2.39. The van der Waals surface area contributed by atoms with Crippen LogP contribution in [-0.2, 0) is 0 Å². The highest BCUT2D eigenvalue weighted by Gasteiger charge is 2.49. The summed E-state index contributed by atoms with van der Waals surface area (Å²) in [6, 6.07) is 95.1. The van der Waals surface area contributed by atoms with Crippen LogP contribution in [0.5, 0.6) is 0 Å². The van der Waals surface area contributed by atoms with Crippen LogP contribution >= 0.6 is 0 Å². The first-order valence-electron chi connectivity index (χ1n) is 23.3. The zero-order valence-corrected chi connectivity index (χ0v) is 38.2. The molecule has 318 valence electrons. The molecule has 1 aliphatic rings. The van der Waals surface area contributed by atoms with E-state index in [0.717, 1.165) is 50.4 Å². The molecule has 13 rings (SSSR count). The lowest BCUT2D eigenvalue weighted by atomic mass is 9.98. The van der Waals surface area contributed by atoms with Gasteiger partial charge < -0.3 is 4.57 Å². The van der Waals surface area contributed by atoms with Crippen molar-refractivity contribution in [2.75, 3.05) is 0 Å². The minimum atomic E-state index is -2.74. The van der Waals surface area contributed by atoms with Crippen molar-refractivity contribution in [1.29, 1.82) is 0 Å². The van der Waals surface area contributed by atoms with Gasteiger partial charge in [0.25, 0.3) is 0 Å². The highest BCUT2D eigenvalue weighted by molar-refractivity contribution is 7.22. The Morgan fingerprint density at radius 1 is 0.309 bits per heavy atom. The third-order valence-electron chi connectivity index (χ3n) is 13.9. The summed E-state index contributed by atoms with van der Waals surface area (Å²) in [7, 11) is -2.74. The van der Waals surface area contributed by atoms with E-state index in [9.17, 15) is 0 Å². The molecule has 4 heteroatoms. The molecule has 0 spiro atoms. The Bertz CT molecular complexity index is 3750. The molecule has 0 saturated carbocycles. The zero-order chi connectivity index (χ0) is 45.0. The van der Waals surface area contributed by atoms with E-state index >= 15 is 0 Å². The summed E-state index contributed by atoms with van der Waals surface area (Å²) in [5.41, 5.74) is 15.8. The Morgan fingerprint density at radius 2 is 0.824 bits per heavy atom. The van der Waals surface area contributed by atoms with Crippen LogP contribution in [0.2, 0.25) is 0 Å². The Kier molecular flexibility index (Phi) is 9.51. The fourth-order valence-corrected chi connectivity index (χ4v) is 16.3. The number of fused-ring (bicyclic) bond motifs is 6. The zero-order valence-electron chi connectivity index (χ0n) is 37.2. The standard InChI is InChI=1S/C64H43N3Si/c1-5-20-44(21-6-1)58-43-59(45-22-7-2-8-23-45)66-64(65-58)49-26-17-24-46(40-49)47-38-39-61-57(42-47)54-32-13-15-36-60(54)67(61)50-27-18-25-48(41-50)53-34-19-35-56-55-33-14-16-37-62(55)68(63(53)56,51-28-9-3-10-29-51)52-30-11-4-12-31-52/h1-43H. The van der Waals surface area contributed by atoms with E-state index in [4.69, 9.17) is 9.97 Å². The smallest absolute Gasteiger partial charge is 0.181 e.